The van der Waals surface area contributed by atoms with E-state index in [4.69, 9.17) is 4.74 Å². The van der Waals surface area contributed by atoms with Gasteiger partial charge in [0, 0.05) is 19.3 Å². The molecule has 1 amide bonds. The van der Waals surface area contributed by atoms with Crippen molar-refractivity contribution in [1.29, 1.82) is 0 Å². The highest BCUT2D eigenvalue weighted by Gasteiger charge is 2.24. The molecule has 0 aliphatic carbocycles. The quantitative estimate of drug-likeness (QED) is 0.764. The number of rotatable bonds is 5. The van der Waals surface area contributed by atoms with E-state index in [1.807, 2.05) is 48.5 Å². The zero-order valence-electron chi connectivity index (χ0n) is 14.2. The highest BCUT2D eigenvalue weighted by atomic mass is 16.5. The summed E-state index contributed by atoms with van der Waals surface area (Å²) >= 11 is 0. The Morgan fingerprint density at radius 3 is 2.77 bits per heavy atom. The number of pyridine rings is 1. The molecule has 1 aliphatic rings. The summed E-state index contributed by atoms with van der Waals surface area (Å²) in [6, 6.07) is 15.1. The molecule has 7 nitrogen and oxygen atoms in total. The SMILES string of the molecule is O=C(NCC1CCCO1)c1nnn(-c2ccccc2)c1-c1ccccn1. The number of nitrogens with zero attached hydrogens (tertiary/aromatic N) is 4. The molecule has 4 rings (SSSR count). The van der Waals surface area contributed by atoms with Crippen molar-refractivity contribution < 1.29 is 9.53 Å². The second-order valence-electron chi connectivity index (χ2n) is 6.09. The van der Waals surface area contributed by atoms with E-state index in [2.05, 4.69) is 20.6 Å². The fourth-order valence-corrected chi connectivity index (χ4v) is 3.01. The van der Waals surface area contributed by atoms with Crippen LogP contribution in [0.1, 0.15) is 23.3 Å². The monoisotopic (exact) mass is 349 g/mol. The molecule has 1 aliphatic heterocycles. The molecule has 7 heteroatoms. The van der Waals surface area contributed by atoms with Gasteiger partial charge in [-0.25, -0.2) is 4.68 Å². The zero-order chi connectivity index (χ0) is 17.8. The summed E-state index contributed by atoms with van der Waals surface area (Å²) < 4.78 is 7.20. The summed E-state index contributed by atoms with van der Waals surface area (Å²) in [6.45, 7) is 1.22. The first-order valence-electron chi connectivity index (χ1n) is 8.65. The van der Waals surface area contributed by atoms with Gasteiger partial charge in [-0.2, -0.15) is 0 Å². The van der Waals surface area contributed by atoms with Gasteiger partial charge in [-0.1, -0.05) is 29.5 Å². The third kappa shape index (κ3) is 3.34. The van der Waals surface area contributed by atoms with E-state index in [0.717, 1.165) is 25.1 Å². The third-order valence-corrected chi connectivity index (χ3v) is 4.31. The second kappa shape index (κ2) is 7.45. The van der Waals surface area contributed by atoms with E-state index in [0.29, 0.717) is 17.9 Å². The average Bonchev–Trinajstić information content (AvgIpc) is 3.37. The molecule has 3 heterocycles. The van der Waals surface area contributed by atoms with Crippen LogP contribution in [0, 0.1) is 0 Å². The molecule has 1 unspecified atom stereocenters. The first-order valence-corrected chi connectivity index (χ1v) is 8.65. The van der Waals surface area contributed by atoms with Crippen molar-refractivity contribution in [2.75, 3.05) is 13.2 Å². The molecule has 0 spiro atoms. The van der Waals surface area contributed by atoms with Crippen LogP contribution in [0.15, 0.2) is 54.7 Å². The van der Waals surface area contributed by atoms with Crippen LogP contribution in [-0.2, 0) is 4.74 Å². The highest BCUT2D eigenvalue weighted by Crippen LogP contribution is 2.23. The van der Waals surface area contributed by atoms with Crippen molar-refractivity contribution in [3.63, 3.8) is 0 Å². The number of para-hydroxylation sites is 1. The molecule has 2 aromatic heterocycles. The number of nitrogens with one attached hydrogen (secondary N) is 1. The van der Waals surface area contributed by atoms with Crippen molar-refractivity contribution in [3.8, 4) is 17.1 Å². The Labute approximate surface area is 151 Å². The summed E-state index contributed by atoms with van der Waals surface area (Å²) in [5.74, 6) is -0.275. The number of amides is 1. The highest BCUT2D eigenvalue weighted by molar-refractivity contribution is 5.97. The summed E-state index contributed by atoms with van der Waals surface area (Å²) in [7, 11) is 0. The number of carbonyl (C=O) groups excluding carboxylic acids is 1. The van der Waals surface area contributed by atoms with Crippen LogP contribution in [0.4, 0.5) is 0 Å². The lowest BCUT2D eigenvalue weighted by atomic mass is 10.2. The molecule has 1 N–H and O–H groups in total. The first kappa shape index (κ1) is 16.4. The van der Waals surface area contributed by atoms with Crippen molar-refractivity contribution in [2.24, 2.45) is 0 Å². The van der Waals surface area contributed by atoms with Crippen molar-refractivity contribution in [2.45, 2.75) is 18.9 Å². The van der Waals surface area contributed by atoms with Gasteiger partial charge < -0.3 is 10.1 Å². The van der Waals surface area contributed by atoms with Crippen LogP contribution in [0.3, 0.4) is 0 Å². The first-order chi connectivity index (χ1) is 12.8. The lowest BCUT2D eigenvalue weighted by molar-refractivity contribution is 0.0854. The fraction of sp³-hybridized carbons (Fsp3) is 0.263. The van der Waals surface area contributed by atoms with Crippen LogP contribution in [0.2, 0.25) is 0 Å². The van der Waals surface area contributed by atoms with Gasteiger partial charge in [0.05, 0.1) is 17.5 Å². The average molecular weight is 349 g/mol. The van der Waals surface area contributed by atoms with Crippen LogP contribution < -0.4 is 5.32 Å². The maximum Gasteiger partial charge on any atom is 0.274 e. The predicted octanol–water partition coefficient (Wildman–Crippen LogP) is 2.24. The second-order valence-corrected chi connectivity index (χ2v) is 6.09. The standard InChI is InChI=1S/C19H19N5O2/c25-19(21-13-15-9-6-12-26-15)17-18(16-10-4-5-11-20-16)24(23-22-17)14-7-2-1-3-8-14/h1-5,7-8,10-11,15H,6,9,12-13H2,(H,21,25). The molecular formula is C19H19N5O2. The van der Waals surface area contributed by atoms with Gasteiger partial charge in [0.15, 0.2) is 5.69 Å². The Hall–Kier alpha value is -3.06. The molecule has 26 heavy (non-hydrogen) atoms. The van der Waals surface area contributed by atoms with Crippen molar-refractivity contribution in [3.05, 3.63) is 60.4 Å². The van der Waals surface area contributed by atoms with Crippen LogP contribution in [0.25, 0.3) is 17.1 Å². The molecule has 0 radical (unpaired) electrons. The number of aromatic nitrogens is 4. The minimum Gasteiger partial charge on any atom is -0.376 e. The van der Waals surface area contributed by atoms with Gasteiger partial charge >= 0.3 is 0 Å². The van der Waals surface area contributed by atoms with Gasteiger partial charge in [-0.3, -0.25) is 9.78 Å². The van der Waals surface area contributed by atoms with E-state index in [-0.39, 0.29) is 17.7 Å². The summed E-state index contributed by atoms with van der Waals surface area (Å²) in [6.07, 6.45) is 3.75. The molecule has 1 aromatic carbocycles. The van der Waals surface area contributed by atoms with Gasteiger partial charge in [0.1, 0.15) is 5.69 Å². The molecule has 1 atom stereocenters. The van der Waals surface area contributed by atoms with E-state index >= 15 is 0 Å². The molecule has 132 valence electrons. The lowest BCUT2D eigenvalue weighted by Gasteiger charge is -2.11. The molecule has 0 bridgehead atoms. The van der Waals surface area contributed by atoms with Gasteiger partial charge in [-0.05, 0) is 37.1 Å². The fourth-order valence-electron chi connectivity index (χ4n) is 3.01. The number of carbonyl (C=O) groups is 1. The number of benzene rings is 1. The summed E-state index contributed by atoms with van der Waals surface area (Å²) in [4.78, 5) is 17.1. The van der Waals surface area contributed by atoms with Gasteiger partial charge in [0.2, 0.25) is 0 Å². The summed E-state index contributed by atoms with van der Waals surface area (Å²) in [5.41, 5.74) is 2.29. The van der Waals surface area contributed by atoms with E-state index in [1.165, 1.54) is 0 Å². The normalized spacial score (nSPS) is 16.5. The van der Waals surface area contributed by atoms with Crippen LogP contribution in [0.5, 0.6) is 0 Å². The minimum atomic E-state index is -0.275. The van der Waals surface area contributed by atoms with Crippen molar-refractivity contribution >= 4 is 5.91 Å². The Morgan fingerprint density at radius 2 is 2.04 bits per heavy atom. The number of hydrogen-bond acceptors (Lipinski definition) is 5. The van der Waals surface area contributed by atoms with E-state index in [1.54, 1.807) is 10.9 Å². The number of hydrogen-bond donors (Lipinski definition) is 1. The maximum absolute atomic E-state index is 12.7. The van der Waals surface area contributed by atoms with Crippen molar-refractivity contribution in [1.82, 2.24) is 25.3 Å². The summed E-state index contributed by atoms with van der Waals surface area (Å²) in [5, 5.41) is 11.2. The Balaban J connectivity index is 1.68. The van der Waals surface area contributed by atoms with Crippen LogP contribution in [-0.4, -0.2) is 45.1 Å². The van der Waals surface area contributed by atoms with Crippen LogP contribution >= 0.6 is 0 Å². The third-order valence-electron chi connectivity index (χ3n) is 4.31. The zero-order valence-corrected chi connectivity index (χ0v) is 14.2. The van der Waals surface area contributed by atoms with Gasteiger partial charge in [-0.15, -0.1) is 5.10 Å². The predicted molar refractivity (Wildman–Crippen MR) is 95.9 cm³/mol. The lowest BCUT2D eigenvalue weighted by Crippen LogP contribution is -2.32. The molecule has 1 fully saturated rings. The van der Waals surface area contributed by atoms with Gasteiger partial charge in [0.25, 0.3) is 5.91 Å². The topological polar surface area (TPSA) is 81.9 Å². The smallest absolute Gasteiger partial charge is 0.274 e. The number of ether oxygens (including phenoxy) is 1. The van der Waals surface area contributed by atoms with E-state index in [9.17, 15) is 4.79 Å². The Bertz CT molecular complexity index is 873. The molecule has 3 aromatic rings. The molecule has 0 saturated carbocycles. The maximum atomic E-state index is 12.7. The van der Waals surface area contributed by atoms with E-state index < -0.39 is 0 Å². The minimum absolute atomic E-state index is 0.0708. The largest absolute Gasteiger partial charge is 0.376 e. The Kier molecular flexibility index (Phi) is 4.70. The molecule has 1 saturated heterocycles. The Morgan fingerprint density at radius 1 is 1.19 bits per heavy atom. The molecular weight excluding hydrogens is 330 g/mol.